The van der Waals surface area contributed by atoms with Gasteiger partial charge in [0.25, 0.3) is 0 Å². The Morgan fingerprint density at radius 2 is 1.89 bits per heavy atom. The van der Waals surface area contributed by atoms with Crippen LogP contribution >= 0.6 is 0 Å². The third-order valence-electron chi connectivity index (χ3n) is 3.39. The molecular formula is C15H20FN3. The summed E-state index contributed by atoms with van der Waals surface area (Å²) in [4.78, 5) is 0. The van der Waals surface area contributed by atoms with Crippen LogP contribution in [0.3, 0.4) is 0 Å². The topological polar surface area (TPSA) is 29.9 Å². The van der Waals surface area contributed by atoms with Gasteiger partial charge in [-0.25, -0.2) is 4.39 Å². The molecule has 0 radical (unpaired) electrons. The third-order valence-corrected chi connectivity index (χ3v) is 3.39. The van der Waals surface area contributed by atoms with E-state index in [0.29, 0.717) is 5.56 Å². The molecule has 2 rings (SSSR count). The minimum atomic E-state index is -0.188. The molecule has 1 N–H and O–H groups in total. The lowest BCUT2D eigenvalue weighted by molar-refractivity contribution is 0.548. The third kappa shape index (κ3) is 2.54. The quantitative estimate of drug-likeness (QED) is 0.920. The van der Waals surface area contributed by atoms with Crippen molar-refractivity contribution in [1.82, 2.24) is 15.1 Å². The fraction of sp³-hybridized carbons (Fsp3) is 0.400. The van der Waals surface area contributed by atoms with Crippen molar-refractivity contribution >= 4 is 0 Å². The van der Waals surface area contributed by atoms with Gasteiger partial charge in [0.1, 0.15) is 5.82 Å². The molecule has 0 aliphatic carbocycles. The highest BCUT2D eigenvalue weighted by Gasteiger charge is 2.22. The van der Waals surface area contributed by atoms with Crippen LogP contribution in [0.25, 0.3) is 0 Å². The van der Waals surface area contributed by atoms with E-state index >= 15 is 0 Å². The predicted octanol–water partition coefficient (Wildman–Crippen LogP) is 2.79. The maximum Gasteiger partial charge on any atom is 0.128 e. The second-order valence-electron chi connectivity index (χ2n) is 5.03. The SMILES string of the molecule is CNC(c1c(C)cc(C)cc1F)c1cc(C)nn1C. The van der Waals surface area contributed by atoms with Crippen LogP contribution in [-0.4, -0.2) is 16.8 Å². The van der Waals surface area contributed by atoms with Crippen LogP contribution in [0, 0.1) is 26.6 Å². The molecule has 4 heteroatoms. The number of hydrogen-bond donors (Lipinski definition) is 1. The van der Waals surface area contributed by atoms with Crippen LogP contribution < -0.4 is 5.32 Å². The summed E-state index contributed by atoms with van der Waals surface area (Å²) >= 11 is 0. The maximum atomic E-state index is 14.3. The van der Waals surface area contributed by atoms with Gasteiger partial charge in [-0.3, -0.25) is 4.68 Å². The van der Waals surface area contributed by atoms with Crippen LogP contribution in [-0.2, 0) is 7.05 Å². The van der Waals surface area contributed by atoms with Crippen LogP contribution in [0.15, 0.2) is 18.2 Å². The zero-order valence-electron chi connectivity index (χ0n) is 12.1. The summed E-state index contributed by atoms with van der Waals surface area (Å²) in [5, 5.41) is 7.53. The van der Waals surface area contributed by atoms with Gasteiger partial charge < -0.3 is 5.32 Å². The number of hydrogen-bond acceptors (Lipinski definition) is 2. The van der Waals surface area contributed by atoms with Gasteiger partial charge >= 0.3 is 0 Å². The zero-order chi connectivity index (χ0) is 14.2. The molecule has 0 aliphatic heterocycles. The van der Waals surface area contributed by atoms with Gasteiger partial charge in [0.2, 0.25) is 0 Å². The largest absolute Gasteiger partial charge is 0.308 e. The first-order chi connectivity index (χ1) is 8.93. The van der Waals surface area contributed by atoms with Crippen molar-refractivity contribution < 1.29 is 4.39 Å². The Hall–Kier alpha value is -1.68. The van der Waals surface area contributed by atoms with Gasteiger partial charge in [0.15, 0.2) is 0 Å². The van der Waals surface area contributed by atoms with E-state index in [1.165, 1.54) is 0 Å². The molecule has 1 unspecified atom stereocenters. The smallest absolute Gasteiger partial charge is 0.128 e. The van der Waals surface area contributed by atoms with Crippen molar-refractivity contribution in [2.24, 2.45) is 7.05 Å². The average molecular weight is 261 g/mol. The molecule has 102 valence electrons. The van der Waals surface area contributed by atoms with Crippen LogP contribution in [0.5, 0.6) is 0 Å². The predicted molar refractivity (Wildman–Crippen MR) is 74.7 cm³/mol. The highest BCUT2D eigenvalue weighted by molar-refractivity contribution is 5.38. The van der Waals surface area contributed by atoms with E-state index in [1.807, 2.05) is 47.0 Å². The lowest BCUT2D eigenvalue weighted by Gasteiger charge is -2.20. The van der Waals surface area contributed by atoms with Crippen LogP contribution in [0.2, 0.25) is 0 Å². The molecule has 0 amide bonds. The standard InChI is InChI=1S/C15H20FN3/c1-9-6-10(2)14(12(16)7-9)15(17-4)13-8-11(3)18-19(13)5/h6-8,15,17H,1-5H3. The van der Waals surface area contributed by atoms with Gasteiger partial charge in [0, 0.05) is 12.6 Å². The first-order valence-electron chi connectivity index (χ1n) is 6.38. The fourth-order valence-corrected chi connectivity index (χ4v) is 2.63. The molecule has 0 aliphatic rings. The Morgan fingerprint density at radius 3 is 2.37 bits per heavy atom. The van der Waals surface area contributed by atoms with E-state index in [-0.39, 0.29) is 11.9 Å². The number of aromatic nitrogens is 2. The summed E-state index contributed by atoms with van der Waals surface area (Å²) in [7, 11) is 3.72. The molecule has 0 saturated heterocycles. The molecular weight excluding hydrogens is 241 g/mol. The average Bonchev–Trinajstić information content (AvgIpc) is 2.62. The van der Waals surface area contributed by atoms with Gasteiger partial charge in [-0.05, 0) is 51.1 Å². The molecule has 19 heavy (non-hydrogen) atoms. The molecule has 3 nitrogen and oxygen atoms in total. The number of nitrogens with zero attached hydrogens (tertiary/aromatic N) is 2. The Kier molecular flexibility index (Phi) is 3.71. The summed E-state index contributed by atoms with van der Waals surface area (Å²) in [6, 6.07) is 5.38. The monoisotopic (exact) mass is 261 g/mol. The molecule has 0 saturated carbocycles. The molecule has 0 fully saturated rings. The van der Waals surface area contributed by atoms with E-state index in [1.54, 1.807) is 10.7 Å². The van der Waals surface area contributed by atoms with Crippen molar-refractivity contribution in [2.75, 3.05) is 7.05 Å². The maximum absolute atomic E-state index is 14.3. The van der Waals surface area contributed by atoms with Gasteiger partial charge in [-0.15, -0.1) is 0 Å². The van der Waals surface area contributed by atoms with E-state index in [4.69, 9.17) is 0 Å². The summed E-state index contributed by atoms with van der Waals surface area (Å²) < 4.78 is 16.1. The van der Waals surface area contributed by atoms with Crippen LogP contribution in [0.1, 0.15) is 34.1 Å². The van der Waals surface area contributed by atoms with Crippen LogP contribution in [0.4, 0.5) is 4.39 Å². The van der Waals surface area contributed by atoms with Gasteiger partial charge in [-0.2, -0.15) is 5.10 Å². The van der Waals surface area contributed by atoms with Gasteiger partial charge in [-0.1, -0.05) is 6.07 Å². The molecule has 0 bridgehead atoms. The number of nitrogens with one attached hydrogen (secondary N) is 1. The molecule has 1 heterocycles. The van der Waals surface area contributed by atoms with E-state index in [2.05, 4.69) is 10.4 Å². The normalized spacial score (nSPS) is 12.7. The second kappa shape index (κ2) is 5.13. The lowest BCUT2D eigenvalue weighted by Crippen LogP contribution is -2.22. The Balaban J connectivity index is 2.57. The highest BCUT2D eigenvalue weighted by atomic mass is 19.1. The number of aryl methyl sites for hydroxylation is 4. The van der Waals surface area contributed by atoms with E-state index in [9.17, 15) is 4.39 Å². The molecule has 1 atom stereocenters. The fourth-order valence-electron chi connectivity index (χ4n) is 2.63. The molecule has 0 spiro atoms. The first-order valence-corrected chi connectivity index (χ1v) is 6.38. The van der Waals surface area contributed by atoms with Crippen molar-refractivity contribution in [1.29, 1.82) is 0 Å². The Morgan fingerprint density at radius 1 is 1.21 bits per heavy atom. The van der Waals surface area contributed by atoms with Crippen molar-refractivity contribution in [3.05, 3.63) is 52.1 Å². The second-order valence-corrected chi connectivity index (χ2v) is 5.03. The zero-order valence-corrected chi connectivity index (χ0v) is 12.1. The van der Waals surface area contributed by atoms with Crippen molar-refractivity contribution in [3.63, 3.8) is 0 Å². The summed E-state index contributed by atoms with van der Waals surface area (Å²) in [6.07, 6.45) is 0. The number of rotatable bonds is 3. The first kappa shape index (κ1) is 13.7. The van der Waals surface area contributed by atoms with Gasteiger partial charge in [0.05, 0.1) is 17.4 Å². The minimum Gasteiger partial charge on any atom is -0.308 e. The van der Waals surface area contributed by atoms with E-state index in [0.717, 1.165) is 22.5 Å². The summed E-state index contributed by atoms with van der Waals surface area (Å²) in [5.41, 5.74) is 4.48. The Bertz CT molecular complexity index is 578. The minimum absolute atomic E-state index is 0.171. The molecule has 1 aromatic heterocycles. The number of halogens is 1. The Labute approximate surface area is 113 Å². The highest BCUT2D eigenvalue weighted by Crippen LogP contribution is 2.28. The molecule has 2 aromatic rings. The number of benzene rings is 1. The molecule has 1 aromatic carbocycles. The summed E-state index contributed by atoms with van der Waals surface area (Å²) in [5.74, 6) is -0.171. The van der Waals surface area contributed by atoms with Crippen molar-refractivity contribution in [2.45, 2.75) is 26.8 Å². The lowest BCUT2D eigenvalue weighted by atomic mass is 9.96. The van der Waals surface area contributed by atoms with E-state index < -0.39 is 0 Å². The summed E-state index contributed by atoms with van der Waals surface area (Å²) in [6.45, 7) is 5.79. The van der Waals surface area contributed by atoms with Crippen molar-refractivity contribution in [3.8, 4) is 0 Å².